The van der Waals surface area contributed by atoms with Gasteiger partial charge in [0, 0.05) is 50.4 Å². The first-order valence-electron chi connectivity index (χ1n) is 7.10. The molecular formula is C14H23Cl2N7. The quantitative estimate of drug-likeness (QED) is 0.857. The fourth-order valence-electron chi connectivity index (χ4n) is 2.69. The minimum atomic E-state index is 0. The van der Waals surface area contributed by atoms with Crippen LogP contribution in [0.5, 0.6) is 0 Å². The number of nitrogens with two attached hydrogens (primary N) is 2. The summed E-state index contributed by atoms with van der Waals surface area (Å²) in [4.78, 5) is 10.7. The van der Waals surface area contributed by atoms with Gasteiger partial charge in [0.2, 0.25) is 5.95 Å². The van der Waals surface area contributed by atoms with E-state index >= 15 is 0 Å². The van der Waals surface area contributed by atoms with Crippen molar-refractivity contribution in [3.05, 3.63) is 29.7 Å². The van der Waals surface area contributed by atoms with Crippen LogP contribution in [-0.4, -0.2) is 32.8 Å². The molecular weight excluding hydrogens is 337 g/mol. The van der Waals surface area contributed by atoms with Crippen LogP contribution >= 0.6 is 24.8 Å². The van der Waals surface area contributed by atoms with E-state index in [9.17, 15) is 0 Å². The molecule has 2 heterocycles. The molecule has 0 bridgehead atoms. The van der Waals surface area contributed by atoms with Crippen LogP contribution in [0.2, 0.25) is 0 Å². The summed E-state index contributed by atoms with van der Waals surface area (Å²) >= 11 is 0. The lowest BCUT2D eigenvalue weighted by molar-refractivity contribution is 0.345. The molecule has 9 heteroatoms. The minimum absolute atomic E-state index is 0. The summed E-state index contributed by atoms with van der Waals surface area (Å²) in [5, 5.41) is 4.18. The summed E-state index contributed by atoms with van der Waals surface area (Å²) in [6.07, 6.45) is 5.80. The van der Waals surface area contributed by atoms with Gasteiger partial charge in [-0.3, -0.25) is 4.68 Å². The predicted octanol–water partition coefficient (Wildman–Crippen LogP) is 1.48. The van der Waals surface area contributed by atoms with Gasteiger partial charge in [-0.2, -0.15) is 10.1 Å². The van der Waals surface area contributed by atoms with E-state index in [-0.39, 0.29) is 24.8 Å². The fourth-order valence-corrected chi connectivity index (χ4v) is 2.69. The zero-order valence-corrected chi connectivity index (χ0v) is 14.8. The molecule has 0 unspecified atom stereocenters. The van der Waals surface area contributed by atoms with Crippen LogP contribution in [0.3, 0.4) is 0 Å². The largest absolute Gasteiger partial charge is 0.368 e. The molecule has 0 radical (unpaired) electrons. The van der Waals surface area contributed by atoms with Gasteiger partial charge in [-0.05, 0) is 12.8 Å². The summed E-state index contributed by atoms with van der Waals surface area (Å²) in [5.41, 5.74) is 13.8. The first kappa shape index (κ1) is 19.5. The van der Waals surface area contributed by atoms with Crippen molar-refractivity contribution in [2.24, 2.45) is 12.8 Å². The lowest BCUT2D eigenvalue weighted by Gasteiger charge is -2.32. The number of aryl methyl sites for hydroxylation is 1. The zero-order chi connectivity index (χ0) is 15.0. The van der Waals surface area contributed by atoms with E-state index < -0.39 is 0 Å². The Morgan fingerprint density at radius 1 is 1.30 bits per heavy atom. The monoisotopic (exact) mass is 359 g/mol. The molecule has 1 saturated carbocycles. The molecule has 1 aliphatic rings. The van der Waals surface area contributed by atoms with Gasteiger partial charge in [-0.25, -0.2) is 4.98 Å². The summed E-state index contributed by atoms with van der Waals surface area (Å²) < 4.78 is 1.79. The Morgan fingerprint density at radius 3 is 2.57 bits per heavy atom. The van der Waals surface area contributed by atoms with Crippen molar-refractivity contribution in [2.45, 2.75) is 31.3 Å². The van der Waals surface area contributed by atoms with Gasteiger partial charge in [0.25, 0.3) is 0 Å². The predicted molar refractivity (Wildman–Crippen MR) is 96.2 cm³/mol. The van der Waals surface area contributed by atoms with Crippen molar-refractivity contribution in [2.75, 3.05) is 17.7 Å². The van der Waals surface area contributed by atoms with E-state index in [1.807, 2.05) is 32.6 Å². The Morgan fingerprint density at radius 2 is 2.00 bits per heavy atom. The Bertz CT molecular complexity index is 640. The number of aromatic nitrogens is 4. The molecule has 7 nitrogen and oxygen atoms in total. The number of rotatable bonds is 4. The third-order valence-corrected chi connectivity index (χ3v) is 3.91. The second kappa shape index (κ2) is 7.81. The number of nitrogens with zero attached hydrogens (tertiary/aromatic N) is 5. The van der Waals surface area contributed by atoms with Crippen molar-refractivity contribution in [3.63, 3.8) is 0 Å². The van der Waals surface area contributed by atoms with E-state index in [1.165, 1.54) is 0 Å². The van der Waals surface area contributed by atoms with Gasteiger partial charge in [0.1, 0.15) is 5.82 Å². The molecule has 1 fully saturated rings. The van der Waals surface area contributed by atoms with Crippen LogP contribution in [0, 0.1) is 0 Å². The summed E-state index contributed by atoms with van der Waals surface area (Å²) in [5.74, 6) is 1.57. The Balaban J connectivity index is 0.00000132. The highest BCUT2D eigenvalue weighted by atomic mass is 35.5. The molecule has 2 aromatic heterocycles. The van der Waals surface area contributed by atoms with E-state index in [0.717, 1.165) is 36.5 Å². The topological polar surface area (TPSA) is 98.9 Å². The third kappa shape index (κ3) is 4.46. The van der Waals surface area contributed by atoms with Gasteiger partial charge in [-0.1, -0.05) is 0 Å². The van der Waals surface area contributed by atoms with E-state index in [4.69, 9.17) is 11.5 Å². The highest BCUT2D eigenvalue weighted by Crippen LogP contribution is 2.35. The van der Waals surface area contributed by atoms with Crippen LogP contribution in [0.4, 0.5) is 11.8 Å². The van der Waals surface area contributed by atoms with Crippen LogP contribution < -0.4 is 16.4 Å². The van der Waals surface area contributed by atoms with Gasteiger partial charge >= 0.3 is 0 Å². The smallest absolute Gasteiger partial charge is 0.222 e. The Kier molecular flexibility index (Phi) is 6.61. The number of halogens is 2. The molecule has 1 aliphatic carbocycles. The molecule has 0 spiro atoms. The van der Waals surface area contributed by atoms with Crippen LogP contribution in [-0.2, 0) is 13.6 Å². The molecule has 4 N–H and O–H groups in total. The molecule has 0 atom stereocenters. The lowest BCUT2D eigenvalue weighted by Crippen LogP contribution is -2.35. The number of hydrogen-bond donors (Lipinski definition) is 2. The van der Waals surface area contributed by atoms with Crippen LogP contribution in [0.25, 0.3) is 0 Å². The van der Waals surface area contributed by atoms with Crippen LogP contribution in [0.1, 0.15) is 30.0 Å². The van der Waals surface area contributed by atoms with Crippen LogP contribution in [0.15, 0.2) is 18.5 Å². The van der Waals surface area contributed by atoms with E-state index in [1.54, 1.807) is 4.68 Å². The van der Waals surface area contributed by atoms with Crippen molar-refractivity contribution >= 4 is 36.6 Å². The highest BCUT2D eigenvalue weighted by Gasteiger charge is 2.29. The first-order chi connectivity index (χ1) is 10.0. The summed E-state index contributed by atoms with van der Waals surface area (Å²) in [7, 11) is 3.90. The second-order valence-electron chi connectivity index (χ2n) is 5.82. The molecule has 128 valence electrons. The zero-order valence-electron chi connectivity index (χ0n) is 13.2. The summed E-state index contributed by atoms with van der Waals surface area (Å²) in [6, 6.07) is 2.31. The maximum atomic E-state index is 5.85. The molecule has 0 aliphatic heterocycles. The third-order valence-electron chi connectivity index (χ3n) is 3.91. The average molecular weight is 360 g/mol. The molecule has 3 rings (SSSR count). The maximum absolute atomic E-state index is 5.85. The van der Waals surface area contributed by atoms with Gasteiger partial charge in [0.15, 0.2) is 0 Å². The van der Waals surface area contributed by atoms with E-state index in [2.05, 4.69) is 20.0 Å². The number of nitrogen functional groups attached to an aromatic ring is 1. The Hall–Kier alpha value is -1.57. The van der Waals surface area contributed by atoms with Gasteiger partial charge in [-0.15, -0.1) is 24.8 Å². The Labute approximate surface area is 148 Å². The fraction of sp³-hybridized carbons (Fsp3) is 0.500. The van der Waals surface area contributed by atoms with Gasteiger partial charge in [0.05, 0.1) is 11.9 Å². The molecule has 0 amide bonds. The van der Waals surface area contributed by atoms with Crippen molar-refractivity contribution in [1.82, 2.24) is 19.7 Å². The number of hydrogen-bond acceptors (Lipinski definition) is 6. The molecule has 23 heavy (non-hydrogen) atoms. The maximum Gasteiger partial charge on any atom is 0.222 e. The second-order valence-corrected chi connectivity index (χ2v) is 5.82. The van der Waals surface area contributed by atoms with Crippen molar-refractivity contribution < 1.29 is 0 Å². The molecule has 0 aromatic carbocycles. The first-order valence-corrected chi connectivity index (χ1v) is 7.10. The molecule has 2 aromatic rings. The average Bonchev–Trinajstić information content (AvgIpc) is 2.79. The minimum Gasteiger partial charge on any atom is -0.368 e. The van der Waals surface area contributed by atoms with Crippen molar-refractivity contribution in [3.8, 4) is 0 Å². The number of anilines is 2. The standard InChI is InChI=1S/C14H21N7.2ClH/c1-20(7-9-6-17-21(2)8-9)13-5-12(18-14(16)19-13)10-3-11(15)4-10;;/h5-6,8,10-11H,3-4,7,15H2,1-2H3,(H2,16,18,19);2*1H. The lowest BCUT2D eigenvalue weighted by atomic mass is 9.78. The van der Waals surface area contributed by atoms with Gasteiger partial charge < -0.3 is 16.4 Å². The molecule has 0 saturated heterocycles. The summed E-state index contributed by atoms with van der Waals surface area (Å²) in [6.45, 7) is 0.730. The highest BCUT2D eigenvalue weighted by molar-refractivity contribution is 5.85. The normalized spacial score (nSPS) is 19.3. The SMILES string of the molecule is CN(Cc1cnn(C)c1)c1cc(C2CC(N)C2)nc(N)n1.Cl.Cl. The van der Waals surface area contributed by atoms with E-state index in [0.29, 0.717) is 17.9 Å². The van der Waals surface area contributed by atoms with Crippen molar-refractivity contribution in [1.29, 1.82) is 0 Å².